The first kappa shape index (κ1) is 20.4. The fourth-order valence-electron chi connectivity index (χ4n) is 2.11. The lowest BCUT2D eigenvalue weighted by Crippen LogP contribution is -2.17. The zero-order valence-electron chi connectivity index (χ0n) is 15.0. The number of carbonyl (C=O) groups excluding carboxylic acids is 3. The molecule has 0 unspecified atom stereocenters. The van der Waals surface area contributed by atoms with Crippen LogP contribution in [0.1, 0.15) is 30.1 Å². The average Bonchev–Trinajstić information content (AvgIpc) is 2.68. The Morgan fingerprint density at radius 3 is 2.15 bits per heavy atom. The largest absolute Gasteiger partial charge is 0.469 e. The highest BCUT2D eigenvalue weighted by Crippen LogP contribution is 2.27. The number of Topliss-reactive ketones (excluding diaryl/α,β-unsaturated/α-hetero) is 1. The van der Waals surface area contributed by atoms with E-state index in [-0.39, 0.29) is 18.6 Å². The lowest BCUT2D eigenvalue weighted by atomic mass is 10.0. The van der Waals surface area contributed by atoms with E-state index in [1.165, 1.54) is 14.0 Å². The summed E-state index contributed by atoms with van der Waals surface area (Å²) in [6.07, 6.45) is -0.0242. The SMILES string of the molecule is COC(=O)CC/C(=N/OC(C)=O)C(=O)c1ccc(Sc2ccccc2)cc1. The third kappa shape index (κ3) is 6.71. The number of esters is 1. The molecule has 140 valence electrons. The molecule has 0 aliphatic heterocycles. The number of nitrogens with zero attached hydrogens (tertiary/aromatic N) is 1. The van der Waals surface area contributed by atoms with Crippen molar-refractivity contribution in [2.75, 3.05) is 7.11 Å². The maximum Gasteiger partial charge on any atom is 0.331 e. The fourth-order valence-corrected chi connectivity index (χ4v) is 2.95. The van der Waals surface area contributed by atoms with Crippen LogP contribution < -0.4 is 0 Å². The summed E-state index contributed by atoms with van der Waals surface area (Å²) in [5.41, 5.74) is 0.377. The second kappa shape index (κ2) is 10.3. The molecule has 0 spiro atoms. The summed E-state index contributed by atoms with van der Waals surface area (Å²) in [5, 5.41) is 3.60. The standard InChI is InChI=1S/C20H19NO5S/c1-14(22)26-21-18(12-13-19(23)25-2)20(24)15-8-10-17(11-9-15)27-16-6-4-3-5-7-16/h3-11H,12-13H2,1-2H3/b21-18-. The number of methoxy groups -OCH3 is 1. The van der Waals surface area contributed by atoms with Gasteiger partial charge < -0.3 is 9.57 Å². The third-order valence-corrected chi connectivity index (χ3v) is 4.45. The molecule has 0 bridgehead atoms. The number of rotatable bonds is 8. The van der Waals surface area contributed by atoms with Gasteiger partial charge in [0, 0.05) is 28.7 Å². The second-order valence-electron chi connectivity index (χ2n) is 5.47. The van der Waals surface area contributed by atoms with Crippen molar-refractivity contribution in [1.29, 1.82) is 0 Å². The van der Waals surface area contributed by atoms with Crippen LogP contribution in [0.3, 0.4) is 0 Å². The Labute approximate surface area is 161 Å². The molecule has 0 fully saturated rings. The van der Waals surface area contributed by atoms with E-state index in [0.29, 0.717) is 5.56 Å². The number of oxime groups is 1. The molecule has 2 aromatic rings. The van der Waals surface area contributed by atoms with Crippen molar-refractivity contribution in [3.05, 3.63) is 60.2 Å². The molecule has 0 amide bonds. The first-order valence-electron chi connectivity index (χ1n) is 8.18. The Balaban J connectivity index is 2.12. The zero-order chi connectivity index (χ0) is 19.6. The predicted molar refractivity (Wildman–Crippen MR) is 102 cm³/mol. The van der Waals surface area contributed by atoms with Crippen molar-refractivity contribution in [3.8, 4) is 0 Å². The summed E-state index contributed by atoms with van der Waals surface area (Å²) in [6, 6.07) is 16.9. The first-order chi connectivity index (χ1) is 13.0. The maximum atomic E-state index is 12.6. The van der Waals surface area contributed by atoms with Crippen molar-refractivity contribution < 1.29 is 24.0 Å². The highest BCUT2D eigenvalue weighted by Gasteiger charge is 2.17. The van der Waals surface area contributed by atoms with Gasteiger partial charge in [0.05, 0.1) is 13.5 Å². The first-order valence-corrected chi connectivity index (χ1v) is 9.00. The van der Waals surface area contributed by atoms with E-state index in [9.17, 15) is 14.4 Å². The van der Waals surface area contributed by atoms with Gasteiger partial charge >= 0.3 is 11.9 Å². The molecule has 0 aliphatic carbocycles. The molecule has 0 aromatic heterocycles. The van der Waals surface area contributed by atoms with Gasteiger partial charge in [-0.2, -0.15) is 0 Å². The van der Waals surface area contributed by atoms with Crippen LogP contribution >= 0.6 is 11.8 Å². The maximum absolute atomic E-state index is 12.6. The van der Waals surface area contributed by atoms with Crippen LogP contribution in [-0.4, -0.2) is 30.5 Å². The number of hydrogen-bond acceptors (Lipinski definition) is 7. The van der Waals surface area contributed by atoms with Crippen molar-refractivity contribution in [2.24, 2.45) is 5.16 Å². The molecule has 2 rings (SSSR count). The number of hydrogen-bond donors (Lipinski definition) is 0. The van der Waals surface area contributed by atoms with Gasteiger partial charge in [-0.15, -0.1) is 0 Å². The van der Waals surface area contributed by atoms with Crippen molar-refractivity contribution in [2.45, 2.75) is 29.6 Å². The summed E-state index contributed by atoms with van der Waals surface area (Å²) >= 11 is 1.58. The quantitative estimate of drug-likeness (QED) is 0.225. The molecule has 0 aliphatic rings. The zero-order valence-corrected chi connectivity index (χ0v) is 15.8. The van der Waals surface area contributed by atoms with Gasteiger partial charge in [-0.3, -0.25) is 9.59 Å². The minimum Gasteiger partial charge on any atom is -0.469 e. The number of ketones is 1. The van der Waals surface area contributed by atoms with Crippen molar-refractivity contribution >= 4 is 35.2 Å². The smallest absolute Gasteiger partial charge is 0.331 e. The minimum absolute atomic E-state index is 0.0132. The Bertz CT molecular complexity index is 831. The molecule has 6 nitrogen and oxygen atoms in total. The summed E-state index contributed by atoms with van der Waals surface area (Å²) in [7, 11) is 1.26. The van der Waals surface area contributed by atoms with Crippen LogP contribution in [0.15, 0.2) is 69.5 Å². The Hall–Kier alpha value is -2.93. The van der Waals surface area contributed by atoms with E-state index < -0.39 is 17.7 Å². The van der Waals surface area contributed by atoms with Crippen LogP contribution in [0.4, 0.5) is 0 Å². The van der Waals surface area contributed by atoms with Crippen LogP contribution in [0.5, 0.6) is 0 Å². The molecule has 27 heavy (non-hydrogen) atoms. The molecule has 0 N–H and O–H groups in total. The summed E-state index contributed by atoms with van der Waals surface area (Å²) in [4.78, 5) is 41.6. The summed E-state index contributed by atoms with van der Waals surface area (Å²) in [6.45, 7) is 1.18. The number of carbonyl (C=O) groups is 3. The van der Waals surface area contributed by atoms with E-state index in [2.05, 4.69) is 14.7 Å². The Kier molecular flexibility index (Phi) is 7.76. The summed E-state index contributed by atoms with van der Waals surface area (Å²) in [5.74, 6) is -1.53. The van der Waals surface area contributed by atoms with Crippen LogP contribution in [0.2, 0.25) is 0 Å². The molecular weight excluding hydrogens is 366 g/mol. The van der Waals surface area contributed by atoms with Crippen molar-refractivity contribution in [3.63, 3.8) is 0 Å². The molecule has 0 radical (unpaired) electrons. The third-order valence-electron chi connectivity index (χ3n) is 3.44. The molecule has 0 heterocycles. The van der Waals surface area contributed by atoms with Crippen LogP contribution in [0.25, 0.3) is 0 Å². The Morgan fingerprint density at radius 1 is 0.926 bits per heavy atom. The fraction of sp³-hybridized carbons (Fsp3) is 0.200. The van der Waals surface area contributed by atoms with Gasteiger partial charge in [0.1, 0.15) is 5.71 Å². The molecule has 2 aromatic carbocycles. The lowest BCUT2D eigenvalue weighted by Gasteiger charge is -2.06. The number of benzene rings is 2. The minimum atomic E-state index is -0.645. The van der Waals surface area contributed by atoms with E-state index in [1.807, 2.05) is 42.5 Å². The lowest BCUT2D eigenvalue weighted by molar-refractivity contribution is -0.141. The van der Waals surface area contributed by atoms with E-state index in [0.717, 1.165) is 9.79 Å². The highest BCUT2D eigenvalue weighted by atomic mass is 32.2. The van der Waals surface area contributed by atoms with Gasteiger partial charge in [-0.25, -0.2) is 4.79 Å². The van der Waals surface area contributed by atoms with E-state index >= 15 is 0 Å². The molecule has 0 saturated carbocycles. The van der Waals surface area contributed by atoms with Gasteiger partial charge in [-0.05, 0) is 36.4 Å². The monoisotopic (exact) mass is 385 g/mol. The molecular formula is C20H19NO5S. The average molecular weight is 385 g/mol. The van der Waals surface area contributed by atoms with Gasteiger partial charge in [-0.1, -0.05) is 35.1 Å². The van der Waals surface area contributed by atoms with Gasteiger partial charge in [0.2, 0.25) is 5.78 Å². The second-order valence-corrected chi connectivity index (χ2v) is 6.61. The topological polar surface area (TPSA) is 82.0 Å². The summed E-state index contributed by atoms with van der Waals surface area (Å²) < 4.78 is 4.57. The van der Waals surface area contributed by atoms with Crippen molar-refractivity contribution in [1.82, 2.24) is 0 Å². The van der Waals surface area contributed by atoms with Gasteiger partial charge in [0.25, 0.3) is 0 Å². The Morgan fingerprint density at radius 2 is 1.56 bits per heavy atom. The normalized spacial score (nSPS) is 11.0. The highest BCUT2D eigenvalue weighted by molar-refractivity contribution is 7.99. The molecule has 7 heteroatoms. The van der Waals surface area contributed by atoms with Gasteiger partial charge in [0.15, 0.2) is 0 Å². The van der Waals surface area contributed by atoms with E-state index in [4.69, 9.17) is 0 Å². The van der Waals surface area contributed by atoms with Crippen LogP contribution in [-0.2, 0) is 19.2 Å². The molecule has 0 atom stereocenters. The predicted octanol–water partition coefficient (Wildman–Crippen LogP) is 3.89. The van der Waals surface area contributed by atoms with E-state index in [1.54, 1.807) is 23.9 Å². The van der Waals surface area contributed by atoms with Crippen LogP contribution in [0, 0.1) is 0 Å². The molecule has 0 saturated heterocycles. The number of ether oxygens (including phenoxy) is 1.